The molecule has 0 radical (unpaired) electrons. The lowest BCUT2D eigenvalue weighted by Gasteiger charge is -2.29. The molecule has 0 amide bonds. The molecule has 2 rings (SSSR count). The lowest BCUT2D eigenvalue weighted by Crippen LogP contribution is -2.15. The Bertz CT molecular complexity index is 751. The molecule has 3 heteroatoms. The van der Waals surface area contributed by atoms with E-state index in [1.54, 1.807) is 14.2 Å². The monoisotopic (exact) mass is 432 g/mol. The van der Waals surface area contributed by atoms with Gasteiger partial charge in [0.1, 0.15) is 11.5 Å². The van der Waals surface area contributed by atoms with Crippen molar-refractivity contribution in [3.8, 4) is 11.5 Å². The van der Waals surface area contributed by atoms with Crippen LogP contribution in [0.25, 0.3) is 0 Å². The Morgan fingerprint density at radius 1 is 0.556 bits per heavy atom. The molecule has 0 unspecified atom stereocenters. The summed E-state index contributed by atoms with van der Waals surface area (Å²) in [5.74, 6) is 2.31. The number of hydrogen-bond acceptors (Lipinski definition) is 2. The first-order valence-electron chi connectivity index (χ1n) is 9.48. The minimum Gasteiger partial charge on any atom is -0.496 e. The van der Waals surface area contributed by atoms with E-state index in [0.29, 0.717) is 0 Å². The second-order valence-corrected chi connectivity index (χ2v) is 8.25. The van der Waals surface area contributed by atoms with Crippen LogP contribution >= 0.6 is 15.9 Å². The number of rotatable bonds is 5. The van der Waals surface area contributed by atoms with Gasteiger partial charge in [0.15, 0.2) is 0 Å². The highest BCUT2D eigenvalue weighted by molar-refractivity contribution is 9.09. The summed E-state index contributed by atoms with van der Waals surface area (Å²) in [4.78, 5) is 0. The van der Waals surface area contributed by atoms with E-state index in [0.717, 1.165) is 16.8 Å². The Labute approximate surface area is 173 Å². The van der Waals surface area contributed by atoms with Crippen LogP contribution in [0.15, 0.2) is 0 Å². The summed E-state index contributed by atoms with van der Waals surface area (Å²) in [6.07, 6.45) is 0. The van der Waals surface area contributed by atoms with Crippen molar-refractivity contribution in [3.63, 3.8) is 0 Å². The topological polar surface area (TPSA) is 18.5 Å². The lowest BCUT2D eigenvalue weighted by atomic mass is 9.78. The average molecular weight is 433 g/mol. The molecule has 0 saturated carbocycles. The van der Waals surface area contributed by atoms with E-state index in [4.69, 9.17) is 9.47 Å². The molecule has 0 heterocycles. The fourth-order valence-corrected chi connectivity index (χ4v) is 5.22. The predicted octanol–water partition coefficient (Wildman–Crippen LogP) is 6.70. The highest BCUT2D eigenvalue weighted by atomic mass is 79.9. The zero-order chi connectivity index (χ0) is 20.6. The molecule has 27 heavy (non-hydrogen) atoms. The first-order valence-corrected chi connectivity index (χ1v) is 10.6. The molecule has 0 fully saturated rings. The van der Waals surface area contributed by atoms with Crippen LogP contribution in [0.5, 0.6) is 11.5 Å². The fraction of sp³-hybridized carbons (Fsp3) is 0.500. The quantitative estimate of drug-likeness (QED) is 0.489. The highest BCUT2D eigenvalue weighted by Gasteiger charge is 2.27. The SMILES string of the molecule is COc1c(C)c(C)c(C(CBr)c2c(C)c(C)c(OC)c(C)c2C)c(C)c1C. The number of methoxy groups -OCH3 is 2. The van der Waals surface area contributed by atoms with Crippen molar-refractivity contribution >= 4 is 15.9 Å². The predicted molar refractivity (Wildman–Crippen MR) is 120 cm³/mol. The van der Waals surface area contributed by atoms with Crippen LogP contribution in [0.2, 0.25) is 0 Å². The molecule has 0 N–H and O–H groups in total. The molecular formula is C24H33BrO2. The van der Waals surface area contributed by atoms with E-state index in [1.807, 2.05) is 0 Å². The average Bonchev–Trinajstić information content (AvgIpc) is 2.64. The standard InChI is InChI=1S/C24H33BrO2/c1-12-16(5)23(26-9)17(6)13(2)21(12)20(11-25)22-14(3)18(7)24(27-10)19(8)15(22)4/h20H,11H2,1-10H3. The van der Waals surface area contributed by atoms with Crippen molar-refractivity contribution in [2.24, 2.45) is 0 Å². The van der Waals surface area contributed by atoms with Gasteiger partial charge in [-0.3, -0.25) is 0 Å². The molecule has 0 atom stereocenters. The third-order valence-corrected chi connectivity index (χ3v) is 7.14. The number of halogens is 1. The maximum absolute atomic E-state index is 5.70. The zero-order valence-corrected chi connectivity index (χ0v) is 20.1. The second kappa shape index (κ2) is 8.26. The first kappa shape index (κ1) is 21.8. The van der Waals surface area contributed by atoms with Crippen LogP contribution in [-0.2, 0) is 0 Å². The molecule has 0 bridgehead atoms. The lowest BCUT2D eigenvalue weighted by molar-refractivity contribution is 0.407. The van der Waals surface area contributed by atoms with Gasteiger partial charge in [0.25, 0.3) is 0 Å². The minimum atomic E-state index is 0.289. The van der Waals surface area contributed by atoms with Crippen molar-refractivity contribution in [1.29, 1.82) is 0 Å². The summed E-state index contributed by atoms with van der Waals surface area (Å²) in [5.41, 5.74) is 13.1. The molecule has 2 nitrogen and oxygen atoms in total. The van der Waals surface area contributed by atoms with Gasteiger partial charge in [0.05, 0.1) is 14.2 Å². The number of hydrogen-bond donors (Lipinski definition) is 0. The molecule has 0 aliphatic carbocycles. The normalized spacial score (nSPS) is 11.3. The molecule has 0 aliphatic rings. The number of benzene rings is 2. The summed E-state index contributed by atoms with van der Waals surface area (Å²) in [5, 5.41) is 0.882. The van der Waals surface area contributed by atoms with Gasteiger partial charge in [-0.15, -0.1) is 0 Å². The molecule has 0 saturated heterocycles. The largest absolute Gasteiger partial charge is 0.496 e. The van der Waals surface area contributed by atoms with E-state index >= 15 is 0 Å². The smallest absolute Gasteiger partial charge is 0.125 e. The summed E-state index contributed by atoms with van der Waals surface area (Å²) in [7, 11) is 3.53. The molecular weight excluding hydrogens is 400 g/mol. The molecule has 0 aromatic heterocycles. The van der Waals surface area contributed by atoms with Crippen molar-refractivity contribution in [2.45, 2.75) is 61.3 Å². The summed E-state index contributed by atoms with van der Waals surface area (Å²) in [6.45, 7) is 17.6. The van der Waals surface area contributed by atoms with Gasteiger partial charge in [-0.05, 0) is 111 Å². The van der Waals surface area contributed by atoms with Gasteiger partial charge in [-0.2, -0.15) is 0 Å². The Morgan fingerprint density at radius 2 is 0.815 bits per heavy atom. The Hall–Kier alpha value is -1.48. The van der Waals surface area contributed by atoms with Crippen LogP contribution in [-0.4, -0.2) is 19.5 Å². The van der Waals surface area contributed by atoms with Gasteiger partial charge < -0.3 is 9.47 Å². The zero-order valence-electron chi connectivity index (χ0n) is 18.5. The molecule has 0 aliphatic heterocycles. The first-order chi connectivity index (χ1) is 12.6. The molecule has 148 valence electrons. The Balaban J connectivity index is 2.89. The van der Waals surface area contributed by atoms with Crippen molar-refractivity contribution in [2.75, 3.05) is 19.5 Å². The maximum Gasteiger partial charge on any atom is 0.125 e. The summed E-state index contributed by atoms with van der Waals surface area (Å²) >= 11 is 3.83. The second-order valence-electron chi connectivity index (χ2n) is 7.60. The Kier molecular flexibility index (Phi) is 6.68. The fourth-order valence-electron chi connectivity index (χ4n) is 4.57. The Morgan fingerprint density at radius 3 is 1.00 bits per heavy atom. The van der Waals surface area contributed by atoms with Crippen molar-refractivity contribution in [1.82, 2.24) is 0 Å². The van der Waals surface area contributed by atoms with Crippen molar-refractivity contribution < 1.29 is 9.47 Å². The van der Waals surface area contributed by atoms with E-state index in [-0.39, 0.29) is 5.92 Å². The number of ether oxygens (including phenoxy) is 2. The van der Waals surface area contributed by atoms with E-state index in [9.17, 15) is 0 Å². The third kappa shape index (κ3) is 3.40. The third-order valence-electron chi connectivity index (χ3n) is 6.49. The van der Waals surface area contributed by atoms with Crippen LogP contribution in [0.4, 0.5) is 0 Å². The van der Waals surface area contributed by atoms with Gasteiger partial charge in [0.2, 0.25) is 0 Å². The maximum atomic E-state index is 5.70. The van der Waals surface area contributed by atoms with Gasteiger partial charge in [-0.25, -0.2) is 0 Å². The van der Waals surface area contributed by atoms with E-state index in [2.05, 4.69) is 71.3 Å². The van der Waals surface area contributed by atoms with E-state index < -0.39 is 0 Å². The minimum absolute atomic E-state index is 0.289. The summed E-state index contributed by atoms with van der Waals surface area (Å²) in [6, 6.07) is 0. The molecule has 2 aromatic rings. The van der Waals surface area contributed by atoms with Crippen LogP contribution in [0.3, 0.4) is 0 Å². The summed E-state index contributed by atoms with van der Waals surface area (Å²) < 4.78 is 11.4. The molecule has 0 spiro atoms. The van der Waals surface area contributed by atoms with E-state index in [1.165, 1.54) is 55.6 Å². The van der Waals surface area contributed by atoms with Crippen LogP contribution in [0, 0.1) is 55.4 Å². The molecule has 2 aromatic carbocycles. The highest BCUT2D eigenvalue weighted by Crippen LogP contribution is 2.43. The van der Waals surface area contributed by atoms with Gasteiger partial charge in [-0.1, -0.05) is 15.9 Å². The number of alkyl halides is 1. The van der Waals surface area contributed by atoms with Crippen LogP contribution < -0.4 is 9.47 Å². The van der Waals surface area contributed by atoms with Crippen molar-refractivity contribution in [3.05, 3.63) is 55.6 Å². The van der Waals surface area contributed by atoms with Crippen LogP contribution in [0.1, 0.15) is 61.6 Å². The van der Waals surface area contributed by atoms with Gasteiger partial charge in [0, 0.05) is 11.2 Å². The van der Waals surface area contributed by atoms with Gasteiger partial charge >= 0.3 is 0 Å².